The van der Waals surface area contributed by atoms with Crippen molar-refractivity contribution in [3.8, 4) is 5.75 Å². The fraction of sp³-hybridized carbons (Fsp3) is 0.510. The number of nitrogen functional groups attached to an aromatic ring is 1. The Hall–Kier alpha value is -8.16. The summed E-state index contributed by atoms with van der Waals surface area (Å²) in [5, 5.41) is 27.8. The van der Waals surface area contributed by atoms with Crippen LogP contribution in [0.15, 0.2) is 48.5 Å². The van der Waals surface area contributed by atoms with Gasteiger partial charge in [-0.15, -0.1) is 0 Å². The quantitative estimate of drug-likeness (QED) is 0.0429. The molecule has 2 aromatic rings. The van der Waals surface area contributed by atoms with Crippen molar-refractivity contribution in [1.82, 2.24) is 47.0 Å². The fourth-order valence-electron chi connectivity index (χ4n) is 10.1. The molecule has 0 aliphatic carbocycles. The van der Waals surface area contributed by atoms with E-state index in [9.17, 15) is 53.1 Å². The SMILES string of the molecule is CCC(C)C1NC(=O)C(Cc2ccc(O)cc2)NC(=O)CNC(=O)CCC(C(=O)N(C)CC(=O)NC(Cc2ccc(N)cc2)C(=O)NCC(N)=O)[N+]23C(=O)C(CC(=O)N4CCC2C43)NC(=O)C(CCC(N)=O)NC1=O. The second kappa shape index (κ2) is 24.2. The number of carbonyl (C=O) groups is 12. The van der Waals surface area contributed by atoms with Crippen LogP contribution in [0.2, 0.25) is 0 Å². The van der Waals surface area contributed by atoms with E-state index in [2.05, 4.69) is 37.2 Å². The van der Waals surface area contributed by atoms with Crippen LogP contribution in [0.3, 0.4) is 0 Å². The summed E-state index contributed by atoms with van der Waals surface area (Å²) in [7, 11) is 1.26. The molecule has 26 nitrogen and oxygen atoms in total. The molecule has 6 rings (SSSR count). The van der Waals surface area contributed by atoms with Crippen molar-refractivity contribution >= 4 is 76.6 Å². The average Bonchev–Trinajstić information content (AvgIpc) is 3.82. The highest BCUT2D eigenvalue weighted by Crippen LogP contribution is 2.55. The van der Waals surface area contributed by atoms with E-state index in [0.717, 1.165) is 4.90 Å². The first kappa shape index (κ1) is 56.1. The Morgan fingerprint density at radius 3 is 2.16 bits per heavy atom. The molecule has 404 valence electrons. The number of likely N-dealkylation sites (N-methyl/N-ethyl adjacent to an activating group) is 1. The third kappa shape index (κ3) is 13.5. The van der Waals surface area contributed by atoms with Crippen LogP contribution >= 0.6 is 0 Å². The lowest BCUT2D eigenvalue weighted by atomic mass is 9.96. The molecule has 4 fully saturated rings. The number of rotatable bonds is 16. The zero-order chi connectivity index (χ0) is 54.9. The van der Waals surface area contributed by atoms with Gasteiger partial charge in [-0.05, 0) is 47.7 Å². The number of nitrogens with two attached hydrogens (primary N) is 3. The molecule has 26 heteroatoms. The lowest BCUT2D eigenvalue weighted by Gasteiger charge is -2.34. The monoisotopic (exact) mass is 1040 g/mol. The van der Waals surface area contributed by atoms with Crippen LogP contribution in [0.5, 0.6) is 5.75 Å². The topological polar surface area (TPSA) is 394 Å². The number of fused-ring (bicyclic) bond motifs is 1. The van der Waals surface area contributed by atoms with E-state index in [1.807, 2.05) is 0 Å². The largest absolute Gasteiger partial charge is 0.508 e. The van der Waals surface area contributed by atoms with Gasteiger partial charge in [0.25, 0.3) is 5.91 Å². The Bertz CT molecular complexity index is 2580. The summed E-state index contributed by atoms with van der Waals surface area (Å²) in [5.41, 5.74) is 18.1. The number of quaternary nitrogens is 1. The van der Waals surface area contributed by atoms with Gasteiger partial charge < -0.3 is 64.4 Å². The van der Waals surface area contributed by atoms with Crippen LogP contribution in [0.25, 0.3) is 0 Å². The number of hydrogen-bond acceptors (Lipinski definition) is 14. The summed E-state index contributed by atoms with van der Waals surface area (Å²) >= 11 is 0. The van der Waals surface area contributed by atoms with E-state index in [1.54, 1.807) is 38.1 Å². The van der Waals surface area contributed by atoms with Crippen LogP contribution in [-0.4, -0.2) is 172 Å². The molecule has 10 unspecified atom stereocenters. The maximum absolute atomic E-state index is 15.3. The molecule has 2 aromatic carbocycles. The van der Waals surface area contributed by atoms with E-state index in [1.165, 1.54) is 36.2 Å². The van der Waals surface area contributed by atoms with Crippen LogP contribution in [0.1, 0.15) is 69.9 Å². The minimum atomic E-state index is -1.63. The lowest BCUT2D eigenvalue weighted by Crippen LogP contribution is -2.63. The molecule has 1 spiro atoms. The number of hydrogen-bond donors (Lipinski definition) is 11. The van der Waals surface area contributed by atoms with Crippen molar-refractivity contribution in [3.63, 3.8) is 0 Å². The van der Waals surface area contributed by atoms with Gasteiger partial charge in [-0.1, -0.05) is 44.5 Å². The van der Waals surface area contributed by atoms with Crippen molar-refractivity contribution in [2.75, 3.05) is 39.0 Å². The molecule has 4 saturated heterocycles. The number of nitrogens with zero attached hydrogens (tertiary/aromatic N) is 3. The van der Waals surface area contributed by atoms with E-state index in [4.69, 9.17) is 17.2 Å². The van der Waals surface area contributed by atoms with E-state index < -0.39 is 175 Å². The van der Waals surface area contributed by atoms with Crippen molar-refractivity contribution in [3.05, 3.63) is 59.7 Å². The van der Waals surface area contributed by atoms with Gasteiger partial charge in [0.15, 0.2) is 18.1 Å². The standard InChI is InChI=1S/C49H65N13O13/c1-4-25(2)42-46(73)57-30(13-15-36(51)64)44(71)58-33-21-41(69)61-18-17-34-47(61)62(34,49(33)75)35(14-16-38(66)53-23-39(67)55-32(45(72)59-42)20-27-7-11-29(63)12-8-27)48(74)60(3)24-40(68)56-31(43(70)54-22-37(52)65)19-26-5-9-28(50)10-6-26/h5-12,25,30-35,42,47H,4,13-24,50H2,1-3H3,(H11-,51,52,53,54,55,56,57,58,59,63,64,65,66,67,68,70,71,72,73)/p+1. The van der Waals surface area contributed by atoms with Crippen molar-refractivity contribution in [2.24, 2.45) is 17.4 Å². The number of anilines is 1. The highest BCUT2D eigenvalue weighted by atomic mass is 16.3. The Morgan fingerprint density at radius 2 is 1.51 bits per heavy atom. The molecule has 4 heterocycles. The molecular weight excluding hydrogens is 979 g/mol. The first-order chi connectivity index (χ1) is 35.5. The Balaban J connectivity index is 1.34. The van der Waals surface area contributed by atoms with Crippen LogP contribution in [0.4, 0.5) is 5.69 Å². The first-order valence-corrected chi connectivity index (χ1v) is 24.7. The molecule has 4 aliphatic rings. The van der Waals surface area contributed by atoms with Crippen molar-refractivity contribution in [1.29, 1.82) is 0 Å². The molecule has 0 radical (unpaired) electrons. The summed E-state index contributed by atoms with van der Waals surface area (Å²) in [5.74, 6) is -10.4. The van der Waals surface area contributed by atoms with Gasteiger partial charge in [0, 0.05) is 57.8 Å². The van der Waals surface area contributed by atoms with Gasteiger partial charge in [0.1, 0.15) is 29.9 Å². The highest BCUT2D eigenvalue weighted by Gasteiger charge is 2.82. The number of amides is 12. The average molecular weight is 1050 g/mol. The van der Waals surface area contributed by atoms with Gasteiger partial charge >= 0.3 is 5.91 Å². The summed E-state index contributed by atoms with van der Waals surface area (Å²) in [6, 6.07) is 2.85. The number of aromatic hydroxyl groups is 1. The molecule has 0 saturated carbocycles. The molecule has 2 bridgehead atoms. The maximum atomic E-state index is 15.3. The Morgan fingerprint density at radius 1 is 0.840 bits per heavy atom. The minimum Gasteiger partial charge on any atom is -0.508 e. The molecule has 14 N–H and O–H groups in total. The Labute approximate surface area is 431 Å². The van der Waals surface area contributed by atoms with Crippen molar-refractivity contribution < 1.29 is 67.1 Å². The maximum Gasteiger partial charge on any atom is 0.339 e. The number of carbonyl (C=O) groups excluding carboxylic acids is 12. The predicted molar refractivity (Wildman–Crippen MR) is 264 cm³/mol. The van der Waals surface area contributed by atoms with Crippen LogP contribution in [0, 0.1) is 5.92 Å². The van der Waals surface area contributed by atoms with Crippen LogP contribution in [-0.2, 0) is 70.4 Å². The van der Waals surface area contributed by atoms with Gasteiger partial charge in [-0.3, -0.25) is 57.6 Å². The van der Waals surface area contributed by atoms with Gasteiger partial charge in [0.2, 0.25) is 65.2 Å². The third-order valence-electron chi connectivity index (χ3n) is 14.2. The lowest BCUT2D eigenvalue weighted by molar-refractivity contribution is -0.778. The summed E-state index contributed by atoms with van der Waals surface area (Å²) in [4.78, 5) is 167. The second-order valence-electron chi connectivity index (χ2n) is 19.5. The number of primary amides is 2. The minimum absolute atomic E-state index is 0.0633. The molecular formula is C49H66N13O13+. The van der Waals surface area contributed by atoms with Gasteiger partial charge in [-0.2, -0.15) is 0 Å². The normalized spacial score (nSPS) is 26.0. The molecule has 0 aromatic heterocycles. The van der Waals surface area contributed by atoms with Crippen molar-refractivity contribution in [2.45, 2.75) is 120 Å². The zero-order valence-electron chi connectivity index (χ0n) is 41.9. The molecule has 75 heavy (non-hydrogen) atoms. The van der Waals surface area contributed by atoms with E-state index in [0.29, 0.717) is 23.2 Å². The number of benzene rings is 2. The molecule has 12 amide bonds. The molecule has 10 atom stereocenters. The number of nitrogens with one attached hydrogen (secondary N) is 7. The van der Waals surface area contributed by atoms with Crippen LogP contribution < -0.4 is 54.4 Å². The first-order valence-electron chi connectivity index (χ1n) is 24.7. The van der Waals surface area contributed by atoms with E-state index >= 15 is 9.59 Å². The summed E-state index contributed by atoms with van der Waals surface area (Å²) in [6.45, 7) is 1.68. The summed E-state index contributed by atoms with van der Waals surface area (Å²) in [6.07, 6.45) is -2.81. The van der Waals surface area contributed by atoms with Gasteiger partial charge in [0.05, 0.1) is 26.1 Å². The smallest absolute Gasteiger partial charge is 0.339 e. The fourth-order valence-corrected chi connectivity index (χ4v) is 10.1. The highest BCUT2D eigenvalue weighted by molar-refractivity contribution is 5.99. The predicted octanol–water partition coefficient (Wildman–Crippen LogP) is -4.48. The third-order valence-corrected chi connectivity index (χ3v) is 14.2. The van der Waals surface area contributed by atoms with E-state index in [-0.39, 0.29) is 38.0 Å². The number of phenols is 1. The Kier molecular flexibility index (Phi) is 18.2. The zero-order valence-corrected chi connectivity index (χ0v) is 41.9. The summed E-state index contributed by atoms with van der Waals surface area (Å²) < 4.78 is -0.732. The molecule has 4 aliphatic heterocycles. The number of phenolic OH excluding ortho intramolecular Hbond substituents is 1. The second-order valence-corrected chi connectivity index (χ2v) is 19.5. The van der Waals surface area contributed by atoms with Gasteiger partial charge in [-0.25, -0.2) is 9.28 Å².